The number of rotatable bonds is 4. The summed E-state index contributed by atoms with van der Waals surface area (Å²) in [5.74, 6) is 0.0359. The lowest BCUT2D eigenvalue weighted by Crippen LogP contribution is -2.39. The Morgan fingerprint density at radius 1 is 1.39 bits per heavy atom. The van der Waals surface area contributed by atoms with Crippen molar-refractivity contribution in [3.05, 3.63) is 18.3 Å². The van der Waals surface area contributed by atoms with Crippen LogP contribution in [-0.4, -0.2) is 56.9 Å². The molecule has 0 radical (unpaired) electrons. The zero-order chi connectivity index (χ0) is 13.0. The zero-order valence-electron chi connectivity index (χ0n) is 10.1. The minimum Gasteiger partial charge on any atom is -0.396 e. The molecule has 0 aliphatic carbocycles. The second-order valence-electron chi connectivity index (χ2n) is 4.17. The molecule has 0 bridgehead atoms. The molecule has 1 aliphatic heterocycles. The van der Waals surface area contributed by atoms with Crippen LogP contribution in [0.2, 0.25) is 0 Å². The number of nitrogens with two attached hydrogens (primary N) is 1. The van der Waals surface area contributed by atoms with E-state index in [1.807, 2.05) is 0 Å². The summed E-state index contributed by atoms with van der Waals surface area (Å²) >= 11 is 0. The highest BCUT2D eigenvalue weighted by atomic mass is 32.2. The summed E-state index contributed by atoms with van der Waals surface area (Å²) in [6.07, 6.45) is 1.44. The summed E-state index contributed by atoms with van der Waals surface area (Å²) in [6, 6.07) is 3.17. The normalized spacial score (nSPS) is 17.8. The molecule has 0 aromatic carbocycles. The lowest BCUT2D eigenvalue weighted by Gasteiger charge is -2.26. The van der Waals surface area contributed by atoms with E-state index in [1.165, 1.54) is 6.20 Å². The molecule has 2 N–H and O–H groups in total. The monoisotopic (exact) mass is 271 g/mol. The van der Waals surface area contributed by atoms with Crippen LogP contribution in [-0.2, 0) is 14.6 Å². The van der Waals surface area contributed by atoms with Crippen molar-refractivity contribution in [2.45, 2.75) is 5.03 Å². The van der Waals surface area contributed by atoms with E-state index in [4.69, 9.17) is 10.5 Å². The van der Waals surface area contributed by atoms with Gasteiger partial charge < -0.3 is 10.5 Å². The maximum atomic E-state index is 12.1. The highest BCUT2D eigenvalue weighted by Gasteiger charge is 2.21. The van der Waals surface area contributed by atoms with E-state index in [9.17, 15) is 8.42 Å². The second-order valence-corrected chi connectivity index (χ2v) is 6.20. The average molecular weight is 271 g/mol. The molecule has 1 aliphatic rings. The van der Waals surface area contributed by atoms with Gasteiger partial charge in [0.2, 0.25) is 0 Å². The fourth-order valence-electron chi connectivity index (χ4n) is 1.83. The molecule has 0 amide bonds. The van der Waals surface area contributed by atoms with Crippen LogP contribution in [0.4, 0.5) is 5.69 Å². The Morgan fingerprint density at radius 3 is 2.78 bits per heavy atom. The molecule has 0 unspecified atom stereocenters. The smallest absolute Gasteiger partial charge is 0.198 e. The number of sulfone groups is 1. The maximum Gasteiger partial charge on any atom is 0.198 e. The van der Waals surface area contributed by atoms with E-state index in [0.29, 0.717) is 19.8 Å². The predicted molar refractivity (Wildman–Crippen MR) is 68.0 cm³/mol. The van der Waals surface area contributed by atoms with Crippen molar-refractivity contribution in [3.8, 4) is 0 Å². The minimum absolute atomic E-state index is 0.0155. The Morgan fingerprint density at radius 2 is 2.11 bits per heavy atom. The number of nitrogens with zero attached hydrogens (tertiary/aromatic N) is 2. The fourth-order valence-corrected chi connectivity index (χ4v) is 3.17. The van der Waals surface area contributed by atoms with Gasteiger partial charge in [-0.2, -0.15) is 0 Å². The number of pyridine rings is 1. The molecule has 1 aromatic rings. The van der Waals surface area contributed by atoms with Crippen LogP contribution in [0, 0.1) is 0 Å². The summed E-state index contributed by atoms with van der Waals surface area (Å²) in [5, 5.41) is -0.0155. The van der Waals surface area contributed by atoms with Crippen LogP contribution in [0.5, 0.6) is 0 Å². The van der Waals surface area contributed by atoms with Gasteiger partial charge in [0.05, 0.1) is 24.7 Å². The SMILES string of the molecule is Nc1cccnc1S(=O)(=O)CCN1CCOCC1. The Labute approximate surface area is 107 Å². The lowest BCUT2D eigenvalue weighted by atomic mass is 10.4. The van der Waals surface area contributed by atoms with Crippen LogP contribution in [0.3, 0.4) is 0 Å². The first-order valence-electron chi connectivity index (χ1n) is 5.83. The average Bonchev–Trinajstić information content (AvgIpc) is 2.38. The van der Waals surface area contributed by atoms with Crippen LogP contribution in [0.25, 0.3) is 0 Å². The van der Waals surface area contributed by atoms with E-state index >= 15 is 0 Å². The van der Waals surface area contributed by atoms with Gasteiger partial charge in [0.1, 0.15) is 0 Å². The molecule has 1 aromatic heterocycles. The van der Waals surface area contributed by atoms with Gasteiger partial charge in [0.25, 0.3) is 0 Å². The number of nitrogen functional groups attached to an aromatic ring is 1. The minimum atomic E-state index is -3.41. The number of hydrogen-bond donors (Lipinski definition) is 1. The Hall–Kier alpha value is -1.18. The Balaban J connectivity index is 2.01. The summed E-state index contributed by atoms with van der Waals surface area (Å²) < 4.78 is 29.4. The van der Waals surface area contributed by atoms with Crippen molar-refractivity contribution in [2.75, 3.05) is 44.3 Å². The van der Waals surface area contributed by atoms with Crippen molar-refractivity contribution in [1.82, 2.24) is 9.88 Å². The zero-order valence-corrected chi connectivity index (χ0v) is 10.9. The first-order chi connectivity index (χ1) is 8.59. The summed E-state index contributed by atoms with van der Waals surface area (Å²) in [5.41, 5.74) is 5.85. The molecule has 2 heterocycles. The van der Waals surface area contributed by atoms with E-state index in [0.717, 1.165) is 13.1 Å². The molecule has 6 nitrogen and oxygen atoms in total. The second kappa shape index (κ2) is 5.64. The number of hydrogen-bond acceptors (Lipinski definition) is 6. The number of anilines is 1. The molecular weight excluding hydrogens is 254 g/mol. The van der Waals surface area contributed by atoms with Gasteiger partial charge >= 0.3 is 0 Å². The Kier molecular flexibility index (Phi) is 4.15. The first-order valence-corrected chi connectivity index (χ1v) is 7.48. The maximum absolute atomic E-state index is 12.1. The van der Waals surface area contributed by atoms with Gasteiger partial charge in [-0.25, -0.2) is 13.4 Å². The largest absolute Gasteiger partial charge is 0.396 e. The molecule has 1 fully saturated rings. The summed E-state index contributed by atoms with van der Waals surface area (Å²) in [6.45, 7) is 3.35. The van der Waals surface area contributed by atoms with Crippen LogP contribution >= 0.6 is 0 Å². The van der Waals surface area contributed by atoms with Gasteiger partial charge in [-0.05, 0) is 12.1 Å². The Bertz CT molecular complexity index is 498. The topological polar surface area (TPSA) is 85.5 Å². The van der Waals surface area contributed by atoms with Crippen molar-refractivity contribution in [3.63, 3.8) is 0 Å². The van der Waals surface area contributed by atoms with Crippen molar-refractivity contribution >= 4 is 15.5 Å². The number of morpholine rings is 1. The molecule has 7 heteroatoms. The molecule has 1 saturated heterocycles. The molecular formula is C11H17N3O3S. The predicted octanol–water partition coefficient (Wildman–Crippen LogP) is -0.230. The lowest BCUT2D eigenvalue weighted by molar-refractivity contribution is 0.0408. The third kappa shape index (κ3) is 3.18. The van der Waals surface area contributed by atoms with E-state index < -0.39 is 9.84 Å². The molecule has 100 valence electrons. The van der Waals surface area contributed by atoms with Gasteiger partial charge in [0, 0.05) is 25.8 Å². The van der Waals surface area contributed by atoms with Crippen LogP contribution in [0.15, 0.2) is 23.4 Å². The summed E-state index contributed by atoms with van der Waals surface area (Å²) in [7, 11) is -3.41. The van der Waals surface area contributed by atoms with Crippen molar-refractivity contribution < 1.29 is 13.2 Å². The van der Waals surface area contributed by atoms with Gasteiger partial charge in [0.15, 0.2) is 14.9 Å². The van der Waals surface area contributed by atoms with E-state index in [1.54, 1.807) is 12.1 Å². The van der Waals surface area contributed by atoms with Gasteiger partial charge in [-0.3, -0.25) is 4.90 Å². The molecule has 0 spiro atoms. The van der Waals surface area contributed by atoms with Crippen molar-refractivity contribution in [2.24, 2.45) is 0 Å². The van der Waals surface area contributed by atoms with Crippen LogP contribution in [0.1, 0.15) is 0 Å². The molecule has 0 atom stereocenters. The standard InChI is InChI=1S/C11H17N3O3S/c12-10-2-1-3-13-11(10)18(15,16)9-6-14-4-7-17-8-5-14/h1-3H,4-9,12H2. The van der Waals surface area contributed by atoms with Crippen LogP contribution < -0.4 is 5.73 Å². The summed E-state index contributed by atoms with van der Waals surface area (Å²) in [4.78, 5) is 5.93. The quantitative estimate of drug-likeness (QED) is 0.814. The third-order valence-corrected chi connectivity index (χ3v) is 4.53. The van der Waals surface area contributed by atoms with Gasteiger partial charge in [-0.15, -0.1) is 0 Å². The van der Waals surface area contributed by atoms with Crippen molar-refractivity contribution in [1.29, 1.82) is 0 Å². The molecule has 2 rings (SSSR count). The molecule has 18 heavy (non-hydrogen) atoms. The fraction of sp³-hybridized carbons (Fsp3) is 0.545. The van der Waals surface area contributed by atoms with E-state index in [-0.39, 0.29) is 16.5 Å². The first kappa shape index (κ1) is 13.3. The third-order valence-electron chi connectivity index (χ3n) is 2.88. The number of aromatic nitrogens is 1. The number of ether oxygens (including phenoxy) is 1. The molecule has 0 saturated carbocycles. The highest BCUT2D eigenvalue weighted by molar-refractivity contribution is 7.91. The highest BCUT2D eigenvalue weighted by Crippen LogP contribution is 2.15. The van der Waals surface area contributed by atoms with Gasteiger partial charge in [-0.1, -0.05) is 0 Å². The van der Waals surface area contributed by atoms with E-state index in [2.05, 4.69) is 9.88 Å².